The standard InChI is InChI=1S/C14H9F3N2OS/c1-8-4-5-21-13(8)12(20)10(6-18)11-3-2-9(7-19-11)14(15,16)17/h2-5,7,10H,1H3. The van der Waals surface area contributed by atoms with Crippen LogP contribution in [-0.4, -0.2) is 10.8 Å². The van der Waals surface area contributed by atoms with Gasteiger partial charge in [-0.15, -0.1) is 11.3 Å². The number of carbonyl (C=O) groups is 1. The van der Waals surface area contributed by atoms with Gasteiger partial charge < -0.3 is 0 Å². The lowest BCUT2D eigenvalue weighted by Crippen LogP contribution is -2.13. The van der Waals surface area contributed by atoms with Crippen molar-refractivity contribution in [2.24, 2.45) is 0 Å². The summed E-state index contributed by atoms with van der Waals surface area (Å²) >= 11 is 1.19. The topological polar surface area (TPSA) is 53.8 Å². The first-order valence-electron chi connectivity index (χ1n) is 5.85. The van der Waals surface area contributed by atoms with Crippen molar-refractivity contribution in [3.8, 4) is 6.07 Å². The fourth-order valence-corrected chi connectivity index (χ4v) is 2.66. The van der Waals surface area contributed by atoms with Crippen LogP contribution in [0.4, 0.5) is 13.2 Å². The molecular weight excluding hydrogens is 301 g/mol. The molecule has 1 atom stereocenters. The molecule has 0 bridgehead atoms. The highest BCUT2D eigenvalue weighted by Gasteiger charge is 2.32. The van der Waals surface area contributed by atoms with Crippen molar-refractivity contribution < 1.29 is 18.0 Å². The van der Waals surface area contributed by atoms with Crippen LogP contribution in [-0.2, 0) is 6.18 Å². The van der Waals surface area contributed by atoms with Crippen LogP contribution in [0.25, 0.3) is 0 Å². The molecule has 3 nitrogen and oxygen atoms in total. The molecule has 2 heterocycles. The number of thiophene rings is 1. The van der Waals surface area contributed by atoms with Crippen LogP contribution < -0.4 is 0 Å². The van der Waals surface area contributed by atoms with E-state index in [0.717, 1.165) is 17.7 Å². The van der Waals surface area contributed by atoms with Gasteiger partial charge in [0.25, 0.3) is 0 Å². The number of halogens is 3. The van der Waals surface area contributed by atoms with Crippen LogP contribution in [0.1, 0.15) is 32.4 Å². The number of ketones is 1. The highest BCUT2D eigenvalue weighted by molar-refractivity contribution is 7.12. The number of hydrogen-bond donors (Lipinski definition) is 0. The molecule has 0 saturated carbocycles. The molecule has 0 amide bonds. The van der Waals surface area contributed by atoms with Gasteiger partial charge in [0.05, 0.1) is 22.2 Å². The zero-order chi connectivity index (χ0) is 15.6. The summed E-state index contributed by atoms with van der Waals surface area (Å²) in [5.74, 6) is -1.65. The Hall–Kier alpha value is -2.20. The van der Waals surface area contributed by atoms with E-state index in [9.17, 15) is 18.0 Å². The number of aromatic nitrogens is 1. The lowest BCUT2D eigenvalue weighted by molar-refractivity contribution is -0.137. The third-order valence-electron chi connectivity index (χ3n) is 2.89. The first kappa shape index (κ1) is 15.2. The molecule has 2 aromatic heterocycles. The van der Waals surface area contributed by atoms with Crippen molar-refractivity contribution in [3.63, 3.8) is 0 Å². The van der Waals surface area contributed by atoms with Gasteiger partial charge in [-0.1, -0.05) is 0 Å². The Morgan fingerprint density at radius 2 is 2.10 bits per heavy atom. The van der Waals surface area contributed by atoms with E-state index < -0.39 is 23.4 Å². The van der Waals surface area contributed by atoms with Crippen LogP contribution in [0.5, 0.6) is 0 Å². The van der Waals surface area contributed by atoms with Crippen molar-refractivity contribution in [1.29, 1.82) is 5.26 Å². The van der Waals surface area contributed by atoms with Crippen LogP contribution in [0.15, 0.2) is 29.8 Å². The van der Waals surface area contributed by atoms with Gasteiger partial charge in [-0.05, 0) is 36.1 Å². The Kier molecular flexibility index (Phi) is 4.09. The summed E-state index contributed by atoms with van der Waals surface area (Å²) < 4.78 is 37.4. The van der Waals surface area contributed by atoms with Crippen molar-refractivity contribution in [2.45, 2.75) is 19.0 Å². The minimum Gasteiger partial charge on any atom is -0.291 e. The fourth-order valence-electron chi connectivity index (χ4n) is 1.76. The summed E-state index contributed by atoms with van der Waals surface area (Å²) in [5.41, 5.74) is -0.164. The minimum absolute atomic E-state index is 0.0169. The highest BCUT2D eigenvalue weighted by Crippen LogP contribution is 2.30. The Bertz CT molecular complexity index is 698. The number of nitrogens with zero attached hydrogens (tertiary/aromatic N) is 2. The van der Waals surface area contributed by atoms with Crippen molar-refractivity contribution in [3.05, 3.63) is 51.5 Å². The zero-order valence-corrected chi connectivity index (χ0v) is 11.6. The molecule has 2 rings (SSSR count). The molecular formula is C14H9F3N2OS. The van der Waals surface area contributed by atoms with Gasteiger partial charge in [-0.3, -0.25) is 9.78 Å². The molecule has 0 aliphatic carbocycles. The molecule has 1 unspecified atom stereocenters. The largest absolute Gasteiger partial charge is 0.417 e. The van der Waals surface area contributed by atoms with Gasteiger partial charge in [-0.2, -0.15) is 18.4 Å². The molecule has 0 N–H and O–H groups in total. The van der Waals surface area contributed by atoms with Gasteiger partial charge >= 0.3 is 6.18 Å². The summed E-state index contributed by atoms with van der Waals surface area (Å²) in [6, 6.07) is 5.44. The molecule has 0 radical (unpaired) electrons. The third-order valence-corrected chi connectivity index (χ3v) is 3.92. The smallest absolute Gasteiger partial charge is 0.291 e. The summed E-state index contributed by atoms with van der Waals surface area (Å²) in [6.07, 6.45) is -3.86. The lowest BCUT2D eigenvalue weighted by Gasteiger charge is -2.10. The van der Waals surface area contributed by atoms with Crippen molar-refractivity contribution in [2.75, 3.05) is 0 Å². The van der Waals surface area contributed by atoms with Crippen LogP contribution >= 0.6 is 11.3 Å². The number of Topliss-reactive ketones (excluding diaryl/α,β-unsaturated/α-hetero) is 1. The van der Waals surface area contributed by atoms with E-state index in [4.69, 9.17) is 5.26 Å². The van der Waals surface area contributed by atoms with E-state index in [-0.39, 0.29) is 5.69 Å². The Labute approximate surface area is 122 Å². The molecule has 0 aromatic carbocycles. The average Bonchev–Trinajstić information content (AvgIpc) is 2.85. The molecule has 0 saturated heterocycles. The maximum absolute atomic E-state index is 12.5. The Morgan fingerprint density at radius 1 is 1.38 bits per heavy atom. The molecule has 0 spiro atoms. The number of alkyl halides is 3. The minimum atomic E-state index is -4.50. The number of rotatable bonds is 3. The molecule has 0 fully saturated rings. The summed E-state index contributed by atoms with van der Waals surface area (Å²) in [4.78, 5) is 16.3. The van der Waals surface area contributed by atoms with Gasteiger partial charge in [0.15, 0.2) is 11.7 Å². The van der Waals surface area contributed by atoms with Crippen molar-refractivity contribution in [1.82, 2.24) is 4.98 Å². The Balaban J connectivity index is 2.33. The number of pyridine rings is 1. The zero-order valence-electron chi connectivity index (χ0n) is 10.8. The maximum atomic E-state index is 12.5. The first-order valence-corrected chi connectivity index (χ1v) is 6.73. The van der Waals surface area contributed by atoms with Crippen LogP contribution in [0.3, 0.4) is 0 Å². The monoisotopic (exact) mass is 310 g/mol. The van der Waals surface area contributed by atoms with Gasteiger partial charge in [0.2, 0.25) is 0 Å². The van der Waals surface area contributed by atoms with E-state index in [1.54, 1.807) is 24.4 Å². The molecule has 7 heteroatoms. The lowest BCUT2D eigenvalue weighted by atomic mass is 9.98. The summed E-state index contributed by atoms with van der Waals surface area (Å²) in [6.45, 7) is 1.73. The van der Waals surface area contributed by atoms with Crippen LogP contribution in [0, 0.1) is 18.3 Å². The third kappa shape index (κ3) is 3.11. The fraction of sp³-hybridized carbons (Fsp3) is 0.214. The molecule has 2 aromatic rings. The van der Waals surface area contributed by atoms with Crippen molar-refractivity contribution >= 4 is 17.1 Å². The predicted molar refractivity (Wildman–Crippen MR) is 71.0 cm³/mol. The van der Waals surface area contributed by atoms with Gasteiger partial charge in [-0.25, -0.2) is 0 Å². The van der Waals surface area contributed by atoms with E-state index in [1.165, 1.54) is 11.3 Å². The number of nitriles is 1. The normalized spacial score (nSPS) is 12.7. The van der Waals surface area contributed by atoms with Crippen LogP contribution in [0.2, 0.25) is 0 Å². The molecule has 0 aliphatic rings. The van der Waals surface area contributed by atoms with E-state index in [1.807, 2.05) is 0 Å². The quantitative estimate of drug-likeness (QED) is 0.806. The number of aryl methyl sites for hydroxylation is 1. The number of hydrogen-bond acceptors (Lipinski definition) is 4. The second kappa shape index (κ2) is 5.66. The molecule has 108 valence electrons. The molecule has 21 heavy (non-hydrogen) atoms. The van der Waals surface area contributed by atoms with E-state index in [2.05, 4.69) is 4.98 Å². The second-order valence-corrected chi connectivity index (χ2v) is 5.24. The highest BCUT2D eigenvalue weighted by atomic mass is 32.1. The Morgan fingerprint density at radius 3 is 2.52 bits per heavy atom. The molecule has 0 aliphatic heterocycles. The van der Waals surface area contributed by atoms with E-state index in [0.29, 0.717) is 11.1 Å². The van der Waals surface area contributed by atoms with Gasteiger partial charge in [0.1, 0.15) is 0 Å². The summed E-state index contributed by atoms with van der Waals surface area (Å²) in [5, 5.41) is 10.9. The van der Waals surface area contributed by atoms with E-state index >= 15 is 0 Å². The average molecular weight is 310 g/mol. The second-order valence-electron chi connectivity index (χ2n) is 4.33. The first-order chi connectivity index (χ1) is 9.84. The van der Waals surface area contributed by atoms with Gasteiger partial charge in [0, 0.05) is 6.20 Å². The number of carbonyl (C=O) groups excluding carboxylic acids is 1. The SMILES string of the molecule is Cc1ccsc1C(=O)C(C#N)c1ccc(C(F)(F)F)cn1. The maximum Gasteiger partial charge on any atom is 0.417 e. The predicted octanol–water partition coefficient (Wildman–Crippen LogP) is 3.96. The summed E-state index contributed by atoms with van der Waals surface area (Å²) in [7, 11) is 0.